The first kappa shape index (κ1) is 22.7. The molecule has 1 aliphatic heterocycles. The number of methoxy groups -OCH3 is 2. The van der Waals surface area contributed by atoms with E-state index in [4.69, 9.17) is 31.2 Å². The molecule has 1 unspecified atom stereocenters. The zero-order valence-electron chi connectivity index (χ0n) is 16.4. The molecule has 4 rings (SSSR count). The van der Waals surface area contributed by atoms with E-state index >= 15 is 0 Å². The fourth-order valence-electron chi connectivity index (χ4n) is 3.40. The highest BCUT2D eigenvalue weighted by atomic mass is 33.2. The maximum atomic E-state index is 9.87. The van der Waals surface area contributed by atoms with Crippen molar-refractivity contribution < 1.29 is 46.0 Å². The van der Waals surface area contributed by atoms with E-state index in [1.807, 2.05) is 12.1 Å². The van der Waals surface area contributed by atoms with Crippen molar-refractivity contribution in [2.45, 2.75) is 13.0 Å². The molecule has 0 saturated carbocycles. The van der Waals surface area contributed by atoms with Crippen molar-refractivity contribution >= 4 is 30.0 Å². The van der Waals surface area contributed by atoms with Gasteiger partial charge in [-0.25, -0.2) is 8.42 Å². The molecule has 2 N–H and O–H groups in total. The molecule has 12 heteroatoms. The van der Waals surface area contributed by atoms with Gasteiger partial charge in [-0.3, -0.25) is 4.21 Å². The largest absolute Gasteiger partial charge is 0.761 e. The zero-order chi connectivity index (χ0) is 22.9. The van der Waals surface area contributed by atoms with Crippen LogP contribution in [0.4, 0.5) is 0 Å². The van der Waals surface area contributed by atoms with Crippen LogP contribution in [0.2, 0.25) is 0 Å². The van der Waals surface area contributed by atoms with Crippen LogP contribution in [-0.4, -0.2) is 46.2 Å². The first-order valence-corrected chi connectivity index (χ1v) is 11.8. The Hall–Kier alpha value is -2.93. The lowest BCUT2D eigenvalue weighted by molar-refractivity contribution is -0.686. The molecule has 3 aromatic rings. The van der Waals surface area contributed by atoms with Crippen LogP contribution < -0.4 is 14.0 Å². The molecule has 0 bridgehead atoms. The summed E-state index contributed by atoms with van der Waals surface area (Å²) in [6.45, 7) is 0.794. The second-order valence-electron chi connectivity index (χ2n) is 6.52. The Bertz CT molecular complexity index is 1290. The molecule has 2 heterocycles. The van der Waals surface area contributed by atoms with Crippen LogP contribution in [-0.2, 0) is 32.2 Å². The molecule has 166 valence electrons. The monoisotopic (exact) mass is 468 g/mol. The average molecular weight is 468 g/mol. The minimum Gasteiger partial charge on any atom is -0.761 e. The predicted octanol–water partition coefficient (Wildman–Crippen LogP) is 1.10. The molecule has 31 heavy (non-hydrogen) atoms. The Morgan fingerprint density at radius 3 is 2.32 bits per heavy atom. The van der Waals surface area contributed by atoms with E-state index in [1.54, 1.807) is 26.4 Å². The maximum absolute atomic E-state index is 9.87. The molecule has 10 nitrogen and oxygen atoms in total. The number of hydrogen-bond donors (Lipinski definition) is 2. The molecule has 2 aromatic carbocycles. The average Bonchev–Trinajstić information content (AvgIpc) is 2.72. The van der Waals surface area contributed by atoms with Crippen molar-refractivity contribution in [3.8, 4) is 34.3 Å². The summed E-state index contributed by atoms with van der Waals surface area (Å²) in [5.74, 6) is 1.23. The quantitative estimate of drug-likeness (QED) is 0.189. The van der Waals surface area contributed by atoms with Crippen molar-refractivity contribution in [3.63, 3.8) is 0 Å². The van der Waals surface area contributed by atoms with Crippen LogP contribution >= 0.6 is 0 Å². The number of aryl methyl sites for hydroxylation is 2. The highest BCUT2D eigenvalue weighted by Crippen LogP contribution is 2.39. The summed E-state index contributed by atoms with van der Waals surface area (Å²) in [7, 11) is -5.33. The fraction of sp³-hybridized carbons (Fsp3) is 0.211. The van der Waals surface area contributed by atoms with Gasteiger partial charge >= 0.3 is 0 Å². The van der Waals surface area contributed by atoms with Crippen LogP contribution in [0.1, 0.15) is 5.56 Å². The second kappa shape index (κ2) is 8.67. The van der Waals surface area contributed by atoms with Crippen molar-refractivity contribution in [2.24, 2.45) is 0 Å². The third-order valence-electron chi connectivity index (χ3n) is 4.77. The molecule has 1 atom stereocenters. The van der Waals surface area contributed by atoms with E-state index in [0.29, 0.717) is 11.5 Å². The number of pyridine rings is 1. The van der Waals surface area contributed by atoms with Gasteiger partial charge in [-0.05, 0) is 35.2 Å². The standard InChI is InChI=1S/C19H17NO4.H2O5S2/c1-23-18-4-3-11-7-15-13-9-17(22)16(21)8-12(13)5-6-20(15)10-14(11)19(18)24-2;1-6(2)7(3,4)5/h3-4,7-10,22H,5-6H2,1-2H3;(H,1,2)(H,3,4,5)/p-1. The molecule has 1 aliphatic rings. The molecule has 0 saturated heterocycles. The van der Waals surface area contributed by atoms with Gasteiger partial charge in [-0.1, -0.05) is 0 Å². The summed E-state index contributed by atoms with van der Waals surface area (Å²) in [5, 5.41) is 21.6. The van der Waals surface area contributed by atoms with E-state index in [1.165, 1.54) is 0 Å². The molecular formula is C19H18NO9S2-. The Morgan fingerprint density at radius 1 is 1.10 bits per heavy atom. The smallest absolute Gasteiger partial charge is 0.213 e. The predicted molar refractivity (Wildman–Crippen MR) is 108 cm³/mol. The van der Waals surface area contributed by atoms with Gasteiger partial charge in [0.2, 0.25) is 5.69 Å². The number of nitrogens with zero attached hydrogens (tertiary/aromatic N) is 1. The first-order chi connectivity index (χ1) is 14.6. The van der Waals surface area contributed by atoms with E-state index in [-0.39, 0.29) is 11.5 Å². The van der Waals surface area contributed by atoms with Gasteiger partial charge in [0, 0.05) is 12.5 Å². The molecule has 0 fully saturated rings. The molecule has 1 aromatic heterocycles. The minimum absolute atomic E-state index is 0.0746. The van der Waals surface area contributed by atoms with Crippen LogP contribution in [0, 0.1) is 0 Å². The molecule has 0 aliphatic carbocycles. The Kier molecular flexibility index (Phi) is 6.36. The van der Waals surface area contributed by atoms with Crippen molar-refractivity contribution in [2.75, 3.05) is 14.2 Å². The van der Waals surface area contributed by atoms with E-state index in [0.717, 1.165) is 40.6 Å². The van der Waals surface area contributed by atoms with E-state index in [9.17, 15) is 10.2 Å². The highest BCUT2D eigenvalue weighted by Gasteiger charge is 2.26. The van der Waals surface area contributed by atoms with E-state index in [2.05, 4.69) is 16.8 Å². The van der Waals surface area contributed by atoms with Crippen molar-refractivity contribution in [1.29, 1.82) is 0 Å². The van der Waals surface area contributed by atoms with Gasteiger partial charge in [0.15, 0.2) is 44.9 Å². The SMILES string of the molecule is COc1ccc2cc3[n+](cc2c1OC)CCc1cc(O)c(O)cc1-3.O=S([O-])S(=O)(=O)[O-]. The van der Waals surface area contributed by atoms with Crippen LogP contribution in [0.3, 0.4) is 0 Å². The summed E-state index contributed by atoms with van der Waals surface area (Å²) in [6.07, 6.45) is 2.84. The van der Waals surface area contributed by atoms with E-state index < -0.39 is 19.3 Å². The van der Waals surface area contributed by atoms with Gasteiger partial charge in [-0.15, -0.1) is 0 Å². The van der Waals surface area contributed by atoms with Gasteiger partial charge in [0.05, 0.1) is 35.3 Å². The fourth-order valence-corrected chi connectivity index (χ4v) is 3.40. The lowest BCUT2D eigenvalue weighted by Gasteiger charge is -2.17. The lowest BCUT2D eigenvalue weighted by Crippen LogP contribution is -2.40. The number of hydrogen-bond acceptors (Lipinski definition) is 9. The molecule has 0 amide bonds. The van der Waals surface area contributed by atoms with Gasteiger partial charge in [0.1, 0.15) is 0 Å². The number of fused-ring (bicyclic) bond motifs is 4. The number of phenolic OH excluding ortho intramolecular Hbond substituents is 2. The van der Waals surface area contributed by atoms with Gasteiger partial charge in [0.25, 0.3) is 0 Å². The maximum Gasteiger partial charge on any atom is 0.213 e. The molecular weight excluding hydrogens is 450 g/mol. The van der Waals surface area contributed by atoms with Crippen molar-refractivity contribution in [3.05, 3.63) is 42.1 Å². The number of rotatable bonds is 3. The van der Waals surface area contributed by atoms with Gasteiger partial charge < -0.3 is 28.8 Å². The topological polar surface area (TPSA) is 160 Å². The summed E-state index contributed by atoms with van der Waals surface area (Å²) in [4.78, 5) is 0. The van der Waals surface area contributed by atoms with Gasteiger partial charge in [-0.2, -0.15) is 4.57 Å². The Balaban J connectivity index is 0.000000339. The Labute approximate surface area is 179 Å². The number of benzene rings is 2. The first-order valence-electron chi connectivity index (χ1n) is 8.75. The minimum atomic E-state index is -5.07. The molecule has 0 spiro atoms. The number of aromatic nitrogens is 1. The highest BCUT2D eigenvalue weighted by molar-refractivity contribution is 8.59. The van der Waals surface area contributed by atoms with Crippen molar-refractivity contribution in [1.82, 2.24) is 0 Å². The Morgan fingerprint density at radius 2 is 1.74 bits per heavy atom. The second-order valence-corrected chi connectivity index (χ2v) is 9.78. The normalized spacial score (nSPS) is 13.4. The zero-order valence-corrected chi connectivity index (χ0v) is 18.0. The lowest BCUT2D eigenvalue weighted by atomic mass is 9.95. The summed E-state index contributed by atoms with van der Waals surface area (Å²) in [5.41, 5.74) is 2.98. The van der Waals surface area contributed by atoms with Crippen LogP contribution in [0.5, 0.6) is 23.0 Å². The molecule has 0 radical (unpaired) electrons. The summed E-state index contributed by atoms with van der Waals surface area (Å²) in [6, 6.07) is 9.23. The third kappa shape index (κ3) is 4.56. The number of aromatic hydroxyl groups is 2. The summed E-state index contributed by atoms with van der Waals surface area (Å²) >= 11 is 0. The van der Waals surface area contributed by atoms with Crippen LogP contribution in [0.25, 0.3) is 22.0 Å². The summed E-state index contributed by atoms with van der Waals surface area (Å²) < 4.78 is 58.8. The number of phenols is 2. The third-order valence-corrected chi connectivity index (χ3v) is 6.10. The number of ether oxygens (including phenoxy) is 2. The van der Waals surface area contributed by atoms with Crippen LogP contribution in [0.15, 0.2) is 36.5 Å².